The van der Waals surface area contributed by atoms with Gasteiger partial charge in [-0.1, -0.05) is 37.3 Å². The summed E-state index contributed by atoms with van der Waals surface area (Å²) < 4.78 is 0. The van der Waals surface area contributed by atoms with Crippen molar-refractivity contribution in [3.8, 4) is 0 Å². The van der Waals surface area contributed by atoms with E-state index in [9.17, 15) is 0 Å². The van der Waals surface area contributed by atoms with Crippen LogP contribution in [0.25, 0.3) is 0 Å². The van der Waals surface area contributed by atoms with E-state index in [0.29, 0.717) is 0 Å². The topological polar surface area (TPSA) is 24.1 Å². The summed E-state index contributed by atoms with van der Waals surface area (Å²) in [6, 6.07) is 9.87. The fraction of sp³-hybridized carbons (Fsp3) is 0.222. The Morgan fingerprint density at radius 3 is 2.58 bits per heavy atom. The Hall–Kier alpha value is -1.09. The van der Waals surface area contributed by atoms with E-state index in [-0.39, 0.29) is 0 Å². The van der Waals surface area contributed by atoms with Crippen molar-refractivity contribution in [2.24, 2.45) is 0 Å². The van der Waals surface area contributed by atoms with E-state index < -0.39 is 0 Å². The van der Waals surface area contributed by atoms with Crippen LogP contribution >= 0.6 is 12.2 Å². The molecule has 2 N–H and O–H groups in total. The van der Waals surface area contributed by atoms with Gasteiger partial charge in [0.2, 0.25) is 0 Å². The second kappa shape index (κ2) is 4.72. The van der Waals surface area contributed by atoms with Gasteiger partial charge in [-0.25, -0.2) is 0 Å². The molecule has 0 saturated carbocycles. The van der Waals surface area contributed by atoms with Gasteiger partial charge in [-0.2, -0.15) is 0 Å². The molecule has 0 atom stereocenters. The predicted molar refractivity (Wildman–Crippen MR) is 56.1 cm³/mol. The third-order valence-corrected chi connectivity index (χ3v) is 1.83. The van der Waals surface area contributed by atoms with E-state index in [4.69, 9.17) is 12.2 Å². The van der Waals surface area contributed by atoms with Crippen molar-refractivity contribution in [3.63, 3.8) is 0 Å². The Kier molecular flexibility index (Phi) is 3.54. The fourth-order valence-electron chi connectivity index (χ4n) is 0.752. The normalized spacial score (nSPS) is 9.08. The van der Waals surface area contributed by atoms with Crippen LogP contribution in [-0.2, 0) is 0 Å². The molecule has 0 aliphatic rings. The second-order valence-corrected chi connectivity index (χ2v) is 2.89. The maximum atomic E-state index is 4.98. The Morgan fingerprint density at radius 2 is 2.00 bits per heavy atom. The standard InChI is InChI=1S/C9H12N2S/c1-2-9(12)11-10-8-6-4-3-5-7-8/h3-7,10H,2H2,1H3,(H,11,12). The third-order valence-electron chi connectivity index (χ3n) is 1.44. The Bertz CT molecular complexity index is 246. The maximum absolute atomic E-state index is 4.98. The molecular formula is C9H12N2S. The van der Waals surface area contributed by atoms with Gasteiger partial charge in [-0.15, -0.1) is 0 Å². The average molecular weight is 180 g/mol. The van der Waals surface area contributed by atoms with E-state index in [1.807, 2.05) is 37.3 Å². The molecule has 0 aliphatic heterocycles. The molecule has 0 heterocycles. The molecule has 0 amide bonds. The number of rotatable bonds is 3. The van der Waals surface area contributed by atoms with E-state index in [2.05, 4.69) is 10.9 Å². The summed E-state index contributed by atoms with van der Waals surface area (Å²) in [5, 5.41) is 0. The molecule has 12 heavy (non-hydrogen) atoms. The summed E-state index contributed by atoms with van der Waals surface area (Å²) in [4.78, 5) is 0.818. The maximum Gasteiger partial charge on any atom is 0.0937 e. The quantitative estimate of drug-likeness (QED) is 0.551. The van der Waals surface area contributed by atoms with Crippen LogP contribution in [0.2, 0.25) is 0 Å². The second-order valence-electron chi connectivity index (χ2n) is 2.39. The zero-order valence-electron chi connectivity index (χ0n) is 7.00. The summed E-state index contributed by atoms with van der Waals surface area (Å²) in [5.41, 5.74) is 6.96. The number of anilines is 1. The van der Waals surface area contributed by atoms with Gasteiger partial charge < -0.3 is 5.43 Å². The minimum Gasteiger partial charge on any atom is -0.300 e. The van der Waals surface area contributed by atoms with Gasteiger partial charge in [-0.3, -0.25) is 5.43 Å². The molecule has 0 saturated heterocycles. The molecule has 0 aliphatic carbocycles. The first-order chi connectivity index (χ1) is 5.83. The van der Waals surface area contributed by atoms with Crippen LogP contribution in [0.3, 0.4) is 0 Å². The average Bonchev–Trinajstić information content (AvgIpc) is 2.16. The highest BCUT2D eigenvalue weighted by atomic mass is 32.1. The summed E-state index contributed by atoms with van der Waals surface area (Å²) in [7, 11) is 0. The van der Waals surface area contributed by atoms with E-state index >= 15 is 0 Å². The van der Waals surface area contributed by atoms with Gasteiger partial charge in [0.1, 0.15) is 0 Å². The number of hydrazine groups is 1. The number of nitrogens with one attached hydrogen (secondary N) is 2. The fourth-order valence-corrected chi connectivity index (χ4v) is 0.803. The van der Waals surface area contributed by atoms with Gasteiger partial charge in [0.25, 0.3) is 0 Å². The molecule has 0 unspecified atom stereocenters. The summed E-state index contributed by atoms with van der Waals surface area (Å²) >= 11 is 4.98. The van der Waals surface area contributed by atoms with Gasteiger partial charge >= 0.3 is 0 Å². The predicted octanol–water partition coefficient (Wildman–Crippen LogP) is 2.34. The van der Waals surface area contributed by atoms with Crippen molar-refractivity contribution in [1.29, 1.82) is 0 Å². The lowest BCUT2D eigenvalue weighted by atomic mass is 10.3. The molecule has 0 aromatic heterocycles. The summed E-state index contributed by atoms with van der Waals surface area (Å²) in [5.74, 6) is 0. The third kappa shape index (κ3) is 2.88. The SMILES string of the molecule is CCC(=S)NNc1ccccc1. The first-order valence-electron chi connectivity index (χ1n) is 3.93. The van der Waals surface area contributed by atoms with Crippen LogP contribution in [0.15, 0.2) is 30.3 Å². The van der Waals surface area contributed by atoms with Crippen molar-refractivity contribution >= 4 is 22.9 Å². The van der Waals surface area contributed by atoms with Crippen molar-refractivity contribution in [2.45, 2.75) is 13.3 Å². The highest BCUT2D eigenvalue weighted by molar-refractivity contribution is 7.80. The molecule has 64 valence electrons. The summed E-state index contributed by atoms with van der Waals surface area (Å²) in [6.45, 7) is 2.02. The molecule has 1 aromatic carbocycles. The Labute approximate surface area is 78.0 Å². The molecule has 1 aromatic rings. The number of para-hydroxylation sites is 1. The lowest BCUT2D eigenvalue weighted by Gasteiger charge is -2.08. The van der Waals surface area contributed by atoms with Crippen molar-refractivity contribution in [3.05, 3.63) is 30.3 Å². The first-order valence-corrected chi connectivity index (χ1v) is 4.33. The number of hydrogen-bond acceptors (Lipinski definition) is 2. The number of hydrogen-bond donors (Lipinski definition) is 2. The zero-order chi connectivity index (χ0) is 8.81. The van der Waals surface area contributed by atoms with Crippen molar-refractivity contribution in [1.82, 2.24) is 5.43 Å². The minimum atomic E-state index is 0.818. The van der Waals surface area contributed by atoms with Crippen LogP contribution in [0, 0.1) is 0 Å². The number of benzene rings is 1. The van der Waals surface area contributed by atoms with E-state index in [1.54, 1.807) is 0 Å². The van der Waals surface area contributed by atoms with E-state index in [1.165, 1.54) is 0 Å². The van der Waals surface area contributed by atoms with Crippen LogP contribution in [0.4, 0.5) is 5.69 Å². The van der Waals surface area contributed by atoms with Crippen LogP contribution < -0.4 is 10.9 Å². The Morgan fingerprint density at radius 1 is 1.33 bits per heavy atom. The Balaban J connectivity index is 2.38. The van der Waals surface area contributed by atoms with E-state index in [0.717, 1.165) is 17.1 Å². The molecule has 1 rings (SSSR count). The minimum absolute atomic E-state index is 0.818. The highest BCUT2D eigenvalue weighted by Crippen LogP contribution is 2.02. The van der Waals surface area contributed by atoms with Crippen LogP contribution in [-0.4, -0.2) is 4.99 Å². The monoisotopic (exact) mass is 180 g/mol. The molecule has 0 spiro atoms. The number of thiocarbonyl (C=S) groups is 1. The highest BCUT2D eigenvalue weighted by Gasteiger charge is 1.89. The molecule has 0 bridgehead atoms. The molecule has 0 radical (unpaired) electrons. The molecule has 0 fully saturated rings. The lowest BCUT2D eigenvalue weighted by molar-refractivity contribution is 1.09. The lowest BCUT2D eigenvalue weighted by Crippen LogP contribution is -2.26. The molecular weight excluding hydrogens is 168 g/mol. The van der Waals surface area contributed by atoms with Crippen molar-refractivity contribution < 1.29 is 0 Å². The van der Waals surface area contributed by atoms with Crippen LogP contribution in [0.5, 0.6) is 0 Å². The molecule has 3 heteroatoms. The summed E-state index contributed by atoms with van der Waals surface area (Å²) in [6.07, 6.45) is 0.856. The van der Waals surface area contributed by atoms with Gasteiger partial charge in [0.15, 0.2) is 0 Å². The van der Waals surface area contributed by atoms with Crippen LogP contribution in [0.1, 0.15) is 13.3 Å². The van der Waals surface area contributed by atoms with Gasteiger partial charge in [0.05, 0.1) is 10.7 Å². The first kappa shape index (κ1) is 9.00. The zero-order valence-corrected chi connectivity index (χ0v) is 7.82. The van der Waals surface area contributed by atoms with Gasteiger partial charge in [0, 0.05) is 0 Å². The largest absolute Gasteiger partial charge is 0.300 e. The van der Waals surface area contributed by atoms with Gasteiger partial charge in [-0.05, 0) is 18.6 Å². The van der Waals surface area contributed by atoms with Crippen molar-refractivity contribution in [2.75, 3.05) is 5.43 Å². The smallest absolute Gasteiger partial charge is 0.0937 e. The molecule has 2 nitrogen and oxygen atoms in total.